The first-order valence-electron chi connectivity index (χ1n) is 11.5. The zero-order valence-electron chi connectivity index (χ0n) is 19.9. The molecule has 33 heavy (non-hydrogen) atoms. The minimum atomic E-state index is -0.892. The van der Waals surface area contributed by atoms with Crippen molar-refractivity contribution >= 4 is 22.8 Å². The maximum atomic E-state index is 13.2. The molecule has 5 heteroatoms. The molecule has 1 N–H and O–H groups in total. The Bertz CT molecular complexity index is 1150. The number of allylic oxidation sites excluding steroid dienone is 2. The van der Waals surface area contributed by atoms with E-state index in [0.29, 0.717) is 23.7 Å². The number of aliphatic carboxylic acids is 1. The fraction of sp³-hybridized carbons (Fsp3) is 0.357. The van der Waals surface area contributed by atoms with Gasteiger partial charge >= 0.3 is 5.97 Å². The van der Waals surface area contributed by atoms with Gasteiger partial charge < -0.3 is 9.84 Å². The second-order valence-corrected chi connectivity index (χ2v) is 8.97. The summed E-state index contributed by atoms with van der Waals surface area (Å²) in [5.74, 6) is 0.310. The maximum absolute atomic E-state index is 13.2. The molecule has 0 saturated carbocycles. The molecule has 0 radical (unpaired) electrons. The Balaban J connectivity index is 1.66. The van der Waals surface area contributed by atoms with E-state index >= 15 is 0 Å². The highest BCUT2D eigenvalue weighted by molar-refractivity contribution is 6.04. The van der Waals surface area contributed by atoms with Gasteiger partial charge in [-0.3, -0.25) is 14.2 Å². The van der Waals surface area contributed by atoms with Crippen LogP contribution < -0.4 is 4.74 Å². The molecule has 1 aromatic heterocycles. The molecule has 0 amide bonds. The van der Waals surface area contributed by atoms with Gasteiger partial charge in [0.15, 0.2) is 0 Å². The highest BCUT2D eigenvalue weighted by Crippen LogP contribution is 2.25. The molecule has 5 nitrogen and oxygen atoms in total. The van der Waals surface area contributed by atoms with Crippen LogP contribution in [0.1, 0.15) is 61.6 Å². The molecule has 1 heterocycles. The molecule has 0 aliphatic rings. The first-order valence-corrected chi connectivity index (χ1v) is 11.5. The Kier molecular flexibility index (Phi) is 8.10. The topological polar surface area (TPSA) is 68.5 Å². The van der Waals surface area contributed by atoms with Crippen LogP contribution in [0.5, 0.6) is 5.75 Å². The zero-order chi connectivity index (χ0) is 24.0. The first-order chi connectivity index (χ1) is 15.8. The maximum Gasteiger partial charge on any atom is 0.307 e. The summed E-state index contributed by atoms with van der Waals surface area (Å²) in [4.78, 5) is 24.4. The van der Waals surface area contributed by atoms with E-state index in [-0.39, 0.29) is 12.3 Å². The fourth-order valence-electron chi connectivity index (χ4n) is 4.01. The minimum absolute atomic E-state index is 0.0748. The van der Waals surface area contributed by atoms with Crippen LogP contribution in [-0.2, 0) is 11.2 Å². The summed E-state index contributed by atoms with van der Waals surface area (Å²) >= 11 is 0. The number of carbonyl (C=O) groups is 2. The molecule has 0 fully saturated rings. The van der Waals surface area contributed by atoms with Crippen molar-refractivity contribution in [2.75, 3.05) is 6.61 Å². The van der Waals surface area contributed by atoms with Gasteiger partial charge in [-0.25, -0.2) is 0 Å². The number of aromatic nitrogens is 1. The monoisotopic (exact) mass is 447 g/mol. The molecule has 0 aliphatic carbocycles. The van der Waals surface area contributed by atoms with Crippen LogP contribution >= 0.6 is 0 Å². The van der Waals surface area contributed by atoms with Crippen LogP contribution in [0.25, 0.3) is 10.9 Å². The van der Waals surface area contributed by atoms with E-state index in [0.717, 1.165) is 41.6 Å². The number of carboxylic acid groups (broad SMARTS) is 1. The number of rotatable bonds is 10. The molecule has 3 rings (SSSR count). The van der Waals surface area contributed by atoms with E-state index < -0.39 is 5.97 Å². The highest BCUT2D eigenvalue weighted by atomic mass is 16.5. The van der Waals surface area contributed by atoms with Crippen molar-refractivity contribution in [2.24, 2.45) is 5.92 Å². The Hall–Kier alpha value is -3.34. The van der Waals surface area contributed by atoms with Gasteiger partial charge in [0.05, 0.1) is 18.5 Å². The molecule has 0 bridgehead atoms. The van der Waals surface area contributed by atoms with Crippen molar-refractivity contribution in [2.45, 2.75) is 53.4 Å². The van der Waals surface area contributed by atoms with E-state index in [9.17, 15) is 14.7 Å². The number of nitrogens with zero attached hydrogens (tertiary/aromatic N) is 1. The highest BCUT2D eigenvalue weighted by Gasteiger charge is 2.17. The average molecular weight is 448 g/mol. The van der Waals surface area contributed by atoms with Crippen molar-refractivity contribution in [1.82, 2.24) is 4.57 Å². The summed E-state index contributed by atoms with van der Waals surface area (Å²) in [7, 11) is 0. The van der Waals surface area contributed by atoms with E-state index in [4.69, 9.17) is 4.74 Å². The lowest BCUT2D eigenvalue weighted by atomic mass is 10.0. The molecule has 1 unspecified atom stereocenters. The Labute approximate surface area is 195 Å². The van der Waals surface area contributed by atoms with E-state index in [1.165, 1.54) is 5.57 Å². The van der Waals surface area contributed by atoms with Crippen LogP contribution in [0.3, 0.4) is 0 Å². The first kappa shape index (κ1) is 24.3. The van der Waals surface area contributed by atoms with Crippen LogP contribution in [-0.4, -0.2) is 28.2 Å². The molecule has 0 saturated heterocycles. The van der Waals surface area contributed by atoms with Crippen LogP contribution in [0.2, 0.25) is 0 Å². The molecular formula is C28H33NO4. The van der Waals surface area contributed by atoms with Gasteiger partial charge in [-0.15, -0.1) is 0 Å². The number of hydrogen-bond donors (Lipinski definition) is 1. The van der Waals surface area contributed by atoms with Crippen LogP contribution in [0, 0.1) is 12.8 Å². The van der Waals surface area contributed by atoms with Gasteiger partial charge in [-0.1, -0.05) is 30.7 Å². The second-order valence-electron chi connectivity index (χ2n) is 8.97. The summed E-state index contributed by atoms with van der Waals surface area (Å²) in [6.07, 6.45) is 5.45. The van der Waals surface area contributed by atoms with E-state index in [1.807, 2.05) is 31.2 Å². The predicted molar refractivity (Wildman–Crippen MR) is 132 cm³/mol. The van der Waals surface area contributed by atoms with Gasteiger partial charge in [0.2, 0.25) is 0 Å². The third-order valence-electron chi connectivity index (χ3n) is 5.86. The average Bonchev–Trinajstić information content (AvgIpc) is 3.10. The normalized spacial score (nSPS) is 11.9. The largest absolute Gasteiger partial charge is 0.494 e. The number of aryl methyl sites for hydroxylation is 1. The van der Waals surface area contributed by atoms with Gasteiger partial charge in [-0.2, -0.15) is 0 Å². The molecule has 1 atom stereocenters. The van der Waals surface area contributed by atoms with Crippen LogP contribution in [0.4, 0.5) is 0 Å². The van der Waals surface area contributed by atoms with Crippen molar-refractivity contribution in [3.05, 3.63) is 77.0 Å². The smallest absolute Gasteiger partial charge is 0.307 e. The Morgan fingerprint density at radius 3 is 2.48 bits per heavy atom. The number of hydrogen-bond acceptors (Lipinski definition) is 3. The number of fused-ring (bicyclic) bond motifs is 1. The number of ether oxygens (including phenoxy) is 1. The summed E-state index contributed by atoms with van der Waals surface area (Å²) in [6.45, 7) is 9.00. The van der Waals surface area contributed by atoms with Gasteiger partial charge in [0.25, 0.3) is 5.91 Å². The summed E-state index contributed by atoms with van der Waals surface area (Å²) in [5, 5.41) is 9.97. The van der Waals surface area contributed by atoms with Crippen molar-refractivity contribution in [3.63, 3.8) is 0 Å². The zero-order valence-corrected chi connectivity index (χ0v) is 19.9. The standard InChI is InChI=1S/C28H33NO4/c1-19(2)7-5-8-20(3)15-16-33-24-13-11-22(12-14-24)28(32)29-21(4)17-25-23(18-27(30)31)9-6-10-26(25)29/h6-7,9-14,17,20H,5,8,15-16,18H2,1-4H3,(H,30,31). The summed E-state index contributed by atoms with van der Waals surface area (Å²) < 4.78 is 7.53. The molecule has 0 spiro atoms. The predicted octanol–water partition coefficient (Wildman–Crippen LogP) is 6.42. The Morgan fingerprint density at radius 1 is 1.09 bits per heavy atom. The van der Waals surface area contributed by atoms with Gasteiger partial charge in [-0.05, 0) is 87.9 Å². The van der Waals surface area contributed by atoms with Gasteiger partial charge in [0, 0.05) is 16.6 Å². The lowest BCUT2D eigenvalue weighted by molar-refractivity contribution is -0.136. The molecule has 0 aliphatic heterocycles. The van der Waals surface area contributed by atoms with Crippen molar-refractivity contribution in [3.8, 4) is 5.75 Å². The van der Waals surface area contributed by atoms with Crippen LogP contribution in [0.15, 0.2) is 60.2 Å². The summed E-state index contributed by atoms with van der Waals surface area (Å²) in [5.41, 5.74) is 4.11. The lowest BCUT2D eigenvalue weighted by Gasteiger charge is -2.12. The third kappa shape index (κ3) is 6.35. The number of carboxylic acids is 1. The summed E-state index contributed by atoms with van der Waals surface area (Å²) in [6, 6.07) is 14.5. The lowest BCUT2D eigenvalue weighted by Crippen LogP contribution is -2.13. The fourth-order valence-corrected chi connectivity index (χ4v) is 4.01. The second kappa shape index (κ2) is 11.0. The molecule has 174 valence electrons. The van der Waals surface area contributed by atoms with E-state index in [2.05, 4.69) is 26.8 Å². The molecule has 3 aromatic rings. The SMILES string of the molecule is CC(C)=CCCC(C)CCOc1ccc(C(=O)n2c(C)cc3c(CC(=O)O)cccc32)cc1. The van der Waals surface area contributed by atoms with E-state index in [1.54, 1.807) is 28.8 Å². The minimum Gasteiger partial charge on any atom is -0.494 e. The Morgan fingerprint density at radius 2 is 1.82 bits per heavy atom. The third-order valence-corrected chi connectivity index (χ3v) is 5.86. The molecular weight excluding hydrogens is 414 g/mol. The number of carbonyl (C=O) groups excluding carboxylic acids is 1. The van der Waals surface area contributed by atoms with Crippen molar-refractivity contribution in [1.29, 1.82) is 0 Å². The van der Waals surface area contributed by atoms with Gasteiger partial charge in [0.1, 0.15) is 5.75 Å². The number of benzene rings is 2. The molecule has 2 aromatic carbocycles. The quantitative estimate of drug-likeness (QED) is 0.364. The van der Waals surface area contributed by atoms with Crippen molar-refractivity contribution < 1.29 is 19.4 Å².